The van der Waals surface area contributed by atoms with E-state index < -0.39 is 0 Å². The van der Waals surface area contributed by atoms with E-state index in [1.54, 1.807) is 6.92 Å². The summed E-state index contributed by atoms with van der Waals surface area (Å²) >= 11 is 0. The lowest BCUT2D eigenvalue weighted by Crippen LogP contribution is -2.04. The molecule has 0 N–H and O–H groups in total. The minimum Gasteiger partial charge on any atom is -0.300 e. The molecule has 1 nitrogen and oxygen atoms in total. The summed E-state index contributed by atoms with van der Waals surface area (Å²) in [5.41, 5.74) is 0. The van der Waals surface area contributed by atoms with E-state index in [1.165, 1.54) is 38.5 Å². The van der Waals surface area contributed by atoms with Gasteiger partial charge >= 0.3 is 0 Å². The molecule has 1 unspecified atom stereocenters. The Hall–Kier alpha value is -0.330. The molecule has 14 heavy (non-hydrogen) atoms. The van der Waals surface area contributed by atoms with Gasteiger partial charge in [0.05, 0.1) is 0 Å². The number of ketones is 1. The number of Topliss-reactive ketones (excluding diaryl/α,β-unsaturated/α-hetero) is 1. The highest BCUT2D eigenvalue weighted by atomic mass is 16.1. The zero-order chi connectivity index (χ0) is 10.8. The Morgan fingerprint density at radius 1 is 1.07 bits per heavy atom. The van der Waals surface area contributed by atoms with Crippen LogP contribution in [-0.4, -0.2) is 5.78 Å². The van der Waals surface area contributed by atoms with Crippen LogP contribution < -0.4 is 0 Å². The van der Waals surface area contributed by atoms with Crippen molar-refractivity contribution in [1.29, 1.82) is 0 Å². The van der Waals surface area contributed by atoms with Gasteiger partial charge < -0.3 is 4.79 Å². The maximum absolute atomic E-state index is 10.9. The quantitative estimate of drug-likeness (QED) is 0.503. The van der Waals surface area contributed by atoms with Crippen molar-refractivity contribution in [2.75, 3.05) is 0 Å². The molecule has 0 heterocycles. The summed E-state index contributed by atoms with van der Waals surface area (Å²) in [6, 6.07) is 0. The van der Waals surface area contributed by atoms with Crippen LogP contribution in [-0.2, 0) is 4.79 Å². The van der Waals surface area contributed by atoms with E-state index in [9.17, 15) is 4.79 Å². The number of hydrogen-bond acceptors (Lipinski definition) is 1. The zero-order valence-corrected chi connectivity index (χ0v) is 10.1. The molecule has 0 aliphatic carbocycles. The van der Waals surface area contributed by atoms with Gasteiger partial charge in [-0.15, -0.1) is 0 Å². The minimum absolute atomic E-state index is 0.352. The lowest BCUT2D eigenvalue weighted by Gasteiger charge is -2.12. The summed E-state index contributed by atoms with van der Waals surface area (Å²) in [5, 5.41) is 0. The Kier molecular flexibility index (Phi) is 9.02. The first-order valence-electron chi connectivity index (χ1n) is 6.20. The van der Waals surface area contributed by atoms with Crippen LogP contribution in [0.25, 0.3) is 0 Å². The van der Waals surface area contributed by atoms with Crippen molar-refractivity contribution in [1.82, 2.24) is 0 Å². The smallest absolute Gasteiger partial charge is 0.130 e. The lowest BCUT2D eigenvalue weighted by atomic mass is 9.93. The van der Waals surface area contributed by atoms with Gasteiger partial charge in [0.2, 0.25) is 0 Å². The summed E-state index contributed by atoms with van der Waals surface area (Å²) in [6.45, 7) is 6.14. The molecule has 0 spiro atoms. The van der Waals surface area contributed by atoms with Crippen molar-refractivity contribution in [2.24, 2.45) is 5.92 Å². The highest BCUT2D eigenvalue weighted by molar-refractivity contribution is 5.75. The summed E-state index contributed by atoms with van der Waals surface area (Å²) < 4.78 is 0. The molecule has 0 aromatic heterocycles. The molecule has 84 valence electrons. The monoisotopic (exact) mass is 198 g/mol. The topological polar surface area (TPSA) is 17.1 Å². The zero-order valence-electron chi connectivity index (χ0n) is 10.1. The molecule has 0 saturated heterocycles. The number of rotatable bonds is 9. The van der Waals surface area contributed by atoms with Gasteiger partial charge in [-0.1, -0.05) is 58.8 Å². The Morgan fingerprint density at radius 2 is 1.71 bits per heavy atom. The molecule has 0 bridgehead atoms. The number of hydrogen-bond donors (Lipinski definition) is 0. The highest BCUT2D eigenvalue weighted by Gasteiger charge is 2.08. The van der Waals surface area contributed by atoms with Crippen LogP contribution in [0, 0.1) is 5.92 Å². The van der Waals surface area contributed by atoms with E-state index >= 15 is 0 Å². The molecule has 1 heteroatoms. The number of carbonyl (C=O) groups excluding carboxylic acids is 1. The van der Waals surface area contributed by atoms with Gasteiger partial charge in [0.1, 0.15) is 5.78 Å². The average Bonchev–Trinajstić information content (AvgIpc) is 2.15. The van der Waals surface area contributed by atoms with Crippen LogP contribution in [0.2, 0.25) is 0 Å². The van der Waals surface area contributed by atoms with Gasteiger partial charge in [-0.3, -0.25) is 0 Å². The predicted octanol–water partition coefficient (Wildman–Crippen LogP) is 4.35. The van der Waals surface area contributed by atoms with E-state index in [0.717, 1.165) is 12.8 Å². The van der Waals surface area contributed by atoms with Crippen LogP contribution in [0.3, 0.4) is 0 Å². The van der Waals surface area contributed by atoms with Crippen molar-refractivity contribution >= 4 is 5.78 Å². The van der Waals surface area contributed by atoms with Gasteiger partial charge in [0.15, 0.2) is 0 Å². The second-order valence-electron chi connectivity index (χ2n) is 4.38. The molecular formula is C13H26O. The first-order chi connectivity index (χ1) is 6.70. The van der Waals surface area contributed by atoms with Crippen molar-refractivity contribution in [3.63, 3.8) is 0 Å². The fourth-order valence-electron chi connectivity index (χ4n) is 1.89. The predicted molar refractivity (Wildman–Crippen MR) is 62.5 cm³/mol. The molecular weight excluding hydrogens is 172 g/mol. The van der Waals surface area contributed by atoms with E-state index in [4.69, 9.17) is 0 Å². The van der Waals surface area contributed by atoms with E-state index in [-0.39, 0.29) is 0 Å². The van der Waals surface area contributed by atoms with Crippen LogP contribution >= 0.6 is 0 Å². The van der Waals surface area contributed by atoms with Gasteiger partial charge in [-0.25, -0.2) is 0 Å². The number of carbonyl (C=O) groups is 1. The molecule has 0 radical (unpaired) electrons. The van der Waals surface area contributed by atoms with E-state index in [0.29, 0.717) is 11.7 Å². The first kappa shape index (κ1) is 13.7. The lowest BCUT2D eigenvalue weighted by molar-refractivity contribution is -0.117. The third-order valence-corrected chi connectivity index (χ3v) is 2.87. The standard InChI is InChI=1S/C13H26O/c1-4-6-7-8-9-10-13(5-2)11-12(3)14/h13H,4-11H2,1-3H3. The van der Waals surface area contributed by atoms with Gasteiger partial charge in [-0.05, 0) is 12.8 Å². The van der Waals surface area contributed by atoms with Gasteiger partial charge in [0.25, 0.3) is 0 Å². The van der Waals surface area contributed by atoms with Crippen LogP contribution in [0.1, 0.15) is 72.1 Å². The minimum atomic E-state index is 0.352. The van der Waals surface area contributed by atoms with Crippen molar-refractivity contribution < 1.29 is 4.79 Å². The summed E-state index contributed by atoms with van der Waals surface area (Å²) in [5.74, 6) is 1.000. The van der Waals surface area contributed by atoms with Crippen molar-refractivity contribution in [3.05, 3.63) is 0 Å². The third kappa shape index (κ3) is 8.28. The SMILES string of the molecule is CCCCCCCC(CC)CC(C)=O. The summed E-state index contributed by atoms with van der Waals surface area (Å²) in [7, 11) is 0. The molecule has 0 amide bonds. The summed E-state index contributed by atoms with van der Waals surface area (Å²) in [6.07, 6.45) is 9.91. The maximum atomic E-state index is 10.9. The van der Waals surface area contributed by atoms with Crippen molar-refractivity contribution in [2.45, 2.75) is 72.1 Å². The Labute approximate surface area is 89.3 Å². The maximum Gasteiger partial charge on any atom is 0.130 e. The molecule has 0 aromatic rings. The second-order valence-corrected chi connectivity index (χ2v) is 4.38. The number of unbranched alkanes of at least 4 members (excludes halogenated alkanes) is 4. The third-order valence-electron chi connectivity index (χ3n) is 2.87. The van der Waals surface area contributed by atoms with Crippen LogP contribution in [0.15, 0.2) is 0 Å². The fraction of sp³-hybridized carbons (Fsp3) is 0.923. The van der Waals surface area contributed by atoms with Crippen LogP contribution in [0.4, 0.5) is 0 Å². The molecule has 1 atom stereocenters. The second kappa shape index (κ2) is 9.23. The molecule has 0 aliphatic heterocycles. The fourth-order valence-corrected chi connectivity index (χ4v) is 1.89. The molecule has 0 fully saturated rings. The Morgan fingerprint density at radius 3 is 2.21 bits per heavy atom. The van der Waals surface area contributed by atoms with Crippen molar-refractivity contribution in [3.8, 4) is 0 Å². The van der Waals surface area contributed by atoms with E-state index in [2.05, 4.69) is 13.8 Å². The molecule has 0 aromatic carbocycles. The van der Waals surface area contributed by atoms with Crippen LogP contribution in [0.5, 0.6) is 0 Å². The van der Waals surface area contributed by atoms with E-state index in [1.807, 2.05) is 0 Å². The largest absolute Gasteiger partial charge is 0.300 e. The Balaban J connectivity index is 3.38. The highest BCUT2D eigenvalue weighted by Crippen LogP contribution is 2.18. The molecule has 0 aliphatic rings. The first-order valence-corrected chi connectivity index (χ1v) is 6.20. The average molecular weight is 198 g/mol. The molecule has 0 rings (SSSR count). The van der Waals surface area contributed by atoms with Gasteiger partial charge in [-0.2, -0.15) is 0 Å². The Bertz CT molecular complexity index is 140. The summed E-state index contributed by atoms with van der Waals surface area (Å²) in [4.78, 5) is 10.9. The van der Waals surface area contributed by atoms with Gasteiger partial charge in [0, 0.05) is 6.42 Å². The normalized spacial score (nSPS) is 12.8. The molecule has 0 saturated carbocycles.